The molecule has 2 aromatic carbocycles. The number of nitrogens with one attached hydrogen (secondary N) is 1. The van der Waals surface area contributed by atoms with E-state index in [-0.39, 0.29) is 24.2 Å². The van der Waals surface area contributed by atoms with Gasteiger partial charge in [0.25, 0.3) is 5.95 Å². The molecule has 0 saturated carbocycles. The van der Waals surface area contributed by atoms with E-state index < -0.39 is 0 Å². The highest BCUT2D eigenvalue weighted by Gasteiger charge is 2.35. The fraction of sp³-hybridized carbons (Fsp3) is 0.240. The number of para-hydroxylation sites is 1. The Hall–Kier alpha value is -4.27. The lowest BCUT2D eigenvalue weighted by Crippen LogP contribution is -2.25. The number of benzene rings is 2. The van der Waals surface area contributed by atoms with Crippen molar-refractivity contribution in [3.05, 3.63) is 71.5 Å². The number of anilines is 1. The molecule has 2 aromatic heterocycles. The Morgan fingerprint density at radius 3 is 2.74 bits per heavy atom. The molecule has 172 valence electrons. The molecule has 1 N–H and O–H groups in total. The van der Waals surface area contributed by atoms with E-state index in [9.17, 15) is 4.79 Å². The molecule has 34 heavy (non-hydrogen) atoms. The van der Waals surface area contributed by atoms with E-state index in [1.807, 2.05) is 62.4 Å². The van der Waals surface area contributed by atoms with E-state index in [1.54, 1.807) is 18.0 Å². The van der Waals surface area contributed by atoms with E-state index >= 15 is 0 Å². The Bertz CT molecular complexity index is 1350. The number of ether oxygens (including phenoxy) is 2. The van der Waals surface area contributed by atoms with Crippen molar-refractivity contribution < 1.29 is 14.3 Å². The van der Waals surface area contributed by atoms with Crippen LogP contribution in [0.2, 0.25) is 0 Å². The van der Waals surface area contributed by atoms with Crippen molar-refractivity contribution in [1.29, 1.82) is 0 Å². The molecule has 0 saturated heterocycles. The smallest absolute Gasteiger partial charge is 0.272 e. The molecule has 1 aliphatic heterocycles. The Morgan fingerprint density at radius 2 is 1.97 bits per heavy atom. The van der Waals surface area contributed by atoms with Crippen molar-refractivity contribution in [2.45, 2.75) is 26.2 Å². The molecule has 0 fully saturated rings. The van der Waals surface area contributed by atoms with E-state index in [0.29, 0.717) is 29.6 Å². The molecule has 3 heterocycles. The average molecular weight is 457 g/mol. The van der Waals surface area contributed by atoms with Gasteiger partial charge in [0, 0.05) is 29.0 Å². The van der Waals surface area contributed by atoms with E-state index in [4.69, 9.17) is 14.6 Å². The summed E-state index contributed by atoms with van der Waals surface area (Å²) in [6.45, 7) is 4.31. The highest BCUT2D eigenvalue weighted by molar-refractivity contribution is 5.95. The first-order chi connectivity index (χ1) is 16.6. The third-order valence-corrected chi connectivity index (χ3v) is 5.80. The number of aromatic nitrogens is 5. The summed E-state index contributed by atoms with van der Waals surface area (Å²) < 4.78 is 13.0. The first-order valence-corrected chi connectivity index (χ1v) is 11.0. The Labute approximate surface area is 196 Å². The highest BCUT2D eigenvalue weighted by Crippen LogP contribution is 2.45. The number of fused-ring (bicyclic) bond motifs is 1. The highest BCUT2D eigenvalue weighted by atomic mass is 16.5. The summed E-state index contributed by atoms with van der Waals surface area (Å²) in [7, 11) is 1.61. The van der Waals surface area contributed by atoms with Gasteiger partial charge in [-0.05, 0) is 19.9 Å². The number of rotatable bonds is 6. The van der Waals surface area contributed by atoms with Crippen LogP contribution in [0.4, 0.5) is 5.82 Å². The normalized spacial score (nSPS) is 14.9. The van der Waals surface area contributed by atoms with Crippen molar-refractivity contribution in [3.63, 3.8) is 0 Å². The van der Waals surface area contributed by atoms with Crippen molar-refractivity contribution in [1.82, 2.24) is 25.0 Å². The van der Waals surface area contributed by atoms with Gasteiger partial charge in [-0.2, -0.15) is 14.9 Å². The number of amides is 1. The molecular weight excluding hydrogens is 432 g/mol. The lowest BCUT2D eigenvalue weighted by atomic mass is 9.85. The molecule has 0 aliphatic carbocycles. The molecule has 4 aromatic rings. The summed E-state index contributed by atoms with van der Waals surface area (Å²) in [6, 6.07) is 15.4. The van der Waals surface area contributed by atoms with Gasteiger partial charge in [-0.25, -0.2) is 4.98 Å². The first-order valence-electron chi connectivity index (χ1n) is 11.0. The Kier molecular flexibility index (Phi) is 5.67. The number of carbonyl (C=O) groups is 1. The SMILES string of the molecule is CCOc1c(OC)cccc1C1CC(=O)Nc2c1c(C)nn2-c1nncc(-c2ccccc2)n1. The number of nitrogens with zero attached hydrogens (tertiary/aromatic N) is 5. The second-order valence-electron chi connectivity index (χ2n) is 7.88. The second kappa shape index (κ2) is 8.93. The van der Waals surface area contributed by atoms with Crippen molar-refractivity contribution in [2.75, 3.05) is 19.0 Å². The van der Waals surface area contributed by atoms with Gasteiger partial charge in [-0.3, -0.25) is 4.79 Å². The number of hydrogen-bond acceptors (Lipinski definition) is 7. The summed E-state index contributed by atoms with van der Waals surface area (Å²) >= 11 is 0. The average Bonchev–Trinajstić information content (AvgIpc) is 3.20. The lowest BCUT2D eigenvalue weighted by Gasteiger charge is -2.26. The van der Waals surface area contributed by atoms with Gasteiger partial charge in [-0.15, -0.1) is 5.10 Å². The largest absolute Gasteiger partial charge is 0.493 e. The summed E-state index contributed by atoms with van der Waals surface area (Å²) in [4.78, 5) is 17.5. The molecule has 1 atom stereocenters. The van der Waals surface area contributed by atoms with Gasteiger partial charge < -0.3 is 14.8 Å². The van der Waals surface area contributed by atoms with Gasteiger partial charge in [0.1, 0.15) is 5.82 Å². The summed E-state index contributed by atoms with van der Waals surface area (Å²) in [5.41, 5.74) is 4.10. The third kappa shape index (κ3) is 3.75. The predicted octanol–water partition coefficient (Wildman–Crippen LogP) is 3.91. The maximum atomic E-state index is 12.8. The Balaban J connectivity index is 1.64. The van der Waals surface area contributed by atoms with Crippen LogP contribution < -0.4 is 14.8 Å². The van der Waals surface area contributed by atoms with Crippen molar-refractivity contribution >= 4 is 11.7 Å². The minimum absolute atomic E-state index is 0.129. The van der Waals surface area contributed by atoms with Gasteiger partial charge in [0.15, 0.2) is 11.5 Å². The molecule has 5 rings (SSSR count). The van der Waals surface area contributed by atoms with Gasteiger partial charge in [0.2, 0.25) is 5.91 Å². The number of carbonyl (C=O) groups excluding carboxylic acids is 1. The molecule has 0 radical (unpaired) electrons. The standard InChI is InChI=1S/C25H24N6O3/c1-4-34-23-17(11-8-12-20(23)33-3)18-13-21(32)28-24-22(18)15(2)30-31(24)25-27-19(14-26-29-25)16-9-6-5-7-10-16/h5-12,14,18H,4,13H2,1-3H3,(H,28,32). The van der Waals surface area contributed by atoms with Crippen LogP contribution in [0.3, 0.4) is 0 Å². The van der Waals surface area contributed by atoms with Crippen LogP contribution in [0.5, 0.6) is 11.5 Å². The van der Waals surface area contributed by atoms with Gasteiger partial charge in [0.05, 0.1) is 31.3 Å². The van der Waals surface area contributed by atoms with Crippen LogP contribution in [0.1, 0.15) is 36.1 Å². The molecule has 0 spiro atoms. The summed E-state index contributed by atoms with van der Waals surface area (Å²) in [5.74, 6) is 1.68. The first kappa shape index (κ1) is 21.6. The molecule has 1 unspecified atom stereocenters. The van der Waals surface area contributed by atoms with Crippen LogP contribution in [0, 0.1) is 6.92 Å². The maximum Gasteiger partial charge on any atom is 0.272 e. The van der Waals surface area contributed by atoms with Crippen LogP contribution in [0.15, 0.2) is 54.7 Å². The van der Waals surface area contributed by atoms with Crippen LogP contribution in [-0.4, -0.2) is 44.6 Å². The zero-order chi connectivity index (χ0) is 23.7. The second-order valence-corrected chi connectivity index (χ2v) is 7.88. The van der Waals surface area contributed by atoms with E-state index in [2.05, 4.69) is 20.5 Å². The van der Waals surface area contributed by atoms with Crippen LogP contribution in [0.25, 0.3) is 17.2 Å². The fourth-order valence-corrected chi connectivity index (χ4v) is 4.36. The molecule has 9 heteroatoms. The number of methoxy groups -OCH3 is 1. The molecular formula is C25H24N6O3. The number of aryl methyl sites for hydroxylation is 1. The van der Waals surface area contributed by atoms with E-state index in [1.165, 1.54) is 0 Å². The monoisotopic (exact) mass is 456 g/mol. The zero-order valence-electron chi connectivity index (χ0n) is 19.1. The minimum atomic E-state index is -0.264. The maximum absolute atomic E-state index is 12.8. The van der Waals surface area contributed by atoms with Crippen LogP contribution >= 0.6 is 0 Å². The van der Waals surface area contributed by atoms with Gasteiger partial charge >= 0.3 is 0 Å². The summed E-state index contributed by atoms with van der Waals surface area (Å²) in [6.07, 6.45) is 1.86. The Morgan fingerprint density at radius 1 is 1.15 bits per heavy atom. The number of hydrogen-bond donors (Lipinski definition) is 1. The van der Waals surface area contributed by atoms with Crippen molar-refractivity contribution in [2.24, 2.45) is 0 Å². The third-order valence-electron chi connectivity index (χ3n) is 5.80. The fourth-order valence-electron chi connectivity index (χ4n) is 4.36. The lowest BCUT2D eigenvalue weighted by molar-refractivity contribution is -0.116. The topological polar surface area (TPSA) is 104 Å². The predicted molar refractivity (Wildman–Crippen MR) is 126 cm³/mol. The zero-order valence-corrected chi connectivity index (χ0v) is 19.1. The van der Waals surface area contributed by atoms with Crippen molar-refractivity contribution in [3.8, 4) is 28.7 Å². The molecule has 9 nitrogen and oxygen atoms in total. The minimum Gasteiger partial charge on any atom is -0.493 e. The summed E-state index contributed by atoms with van der Waals surface area (Å²) in [5, 5.41) is 16.0. The van der Waals surface area contributed by atoms with E-state index in [0.717, 1.165) is 22.4 Å². The van der Waals surface area contributed by atoms with Crippen LogP contribution in [-0.2, 0) is 4.79 Å². The van der Waals surface area contributed by atoms with Gasteiger partial charge in [-0.1, -0.05) is 42.5 Å². The quantitative estimate of drug-likeness (QED) is 0.469. The molecule has 1 aliphatic rings. The molecule has 1 amide bonds. The molecule has 0 bridgehead atoms.